The number of halogens is 1. The molecule has 2 heteroatoms. The van der Waals surface area contributed by atoms with Crippen LogP contribution in [0.1, 0.15) is 35.6 Å². The van der Waals surface area contributed by atoms with Gasteiger partial charge in [0.15, 0.2) is 0 Å². The van der Waals surface area contributed by atoms with Crippen LogP contribution in [0.4, 0.5) is 4.39 Å². The molecule has 0 saturated carbocycles. The van der Waals surface area contributed by atoms with E-state index in [1.54, 1.807) is 0 Å². The van der Waals surface area contributed by atoms with E-state index in [-0.39, 0.29) is 11.2 Å². The van der Waals surface area contributed by atoms with Gasteiger partial charge in [-0.15, -0.1) is 0 Å². The largest absolute Gasteiger partial charge is 0.207 e. The molecule has 19 heavy (non-hydrogen) atoms. The molecule has 1 aliphatic carbocycles. The molecule has 0 aliphatic heterocycles. The lowest BCUT2D eigenvalue weighted by atomic mass is 9.77. The highest BCUT2D eigenvalue weighted by Gasteiger charge is 2.35. The fourth-order valence-corrected chi connectivity index (χ4v) is 3.05. The first-order valence-corrected chi connectivity index (χ1v) is 6.43. The average Bonchev–Trinajstić information content (AvgIpc) is 2.78. The molecule has 1 nitrogen and oxygen atoms in total. The summed E-state index contributed by atoms with van der Waals surface area (Å²) >= 11 is 0. The molecule has 0 aromatic heterocycles. The van der Waals surface area contributed by atoms with Crippen LogP contribution < -0.4 is 0 Å². The van der Waals surface area contributed by atoms with E-state index in [4.69, 9.17) is 5.26 Å². The first-order chi connectivity index (χ1) is 9.13. The topological polar surface area (TPSA) is 23.8 Å². The third kappa shape index (κ3) is 1.82. The molecule has 3 rings (SSSR count). The Morgan fingerprint density at radius 2 is 1.89 bits per heavy atom. The van der Waals surface area contributed by atoms with Crippen molar-refractivity contribution in [3.05, 3.63) is 70.5 Å². The molecule has 0 radical (unpaired) electrons. The lowest BCUT2D eigenvalue weighted by molar-refractivity contribution is 0.562. The van der Waals surface area contributed by atoms with Gasteiger partial charge in [-0.05, 0) is 53.8 Å². The van der Waals surface area contributed by atoms with Crippen molar-refractivity contribution in [2.75, 3.05) is 0 Å². The maximum atomic E-state index is 13.1. The van der Waals surface area contributed by atoms with Crippen LogP contribution in [0.5, 0.6) is 0 Å². The SMILES string of the molecule is CC1(c2ccc(F)cc2)CCc2cc(C#N)ccc21. The Kier molecular flexibility index (Phi) is 2.64. The van der Waals surface area contributed by atoms with E-state index in [0.717, 1.165) is 18.4 Å². The van der Waals surface area contributed by atoms with Crippen LogP contribution in [-0.4, -0.2) is 0 Å². The number of nitriles is 1. The Labute approximate surface area is 112 Å². The molecular formula is C17H14FN. The number of fused-ring (bicyclic) bond motifs is 1. The minimum absolute atomic E-state index is 0.0724. The second kappa shape index (κ2) is 4.20. The zero-order valence-corrected chi connectivity index (χ0v) is 10.8. The average molecular weight is 251 g/mol. The van der Waals surface area contributed by atoms with Crippen molar-refractivity contribution in [3.8, 4) is 6.07 Å². The van der Waals surface area contributed by atoms with Gasteiger partial charge in [-0.3, -0.25) is 0 Å². The summed E-state index contributed by atoms with van der Waals surface area (Å²) in [6.07, 6.45) is 1.97. The molecule has 1 aliphatic rings. The van der Waals surface area contributed by atoms with Gasteiger partial charge in [-0.25, -0.2) is 4.39 Å². The van der Waals surface area contributed by atoms with Gasteiger partial charge in [0.25, 0.3) is 0 Å². The van der Waals surface area contributed by atoms with Crippen LogP contribution in [0.2, 0.25) is 0 Å². The number of nitrogens with zero attached hydrogens (tertiary/aromatic N) is 1. The van der Waals surface area contributed by atoms with Gasteiger partial charge in [0, 0.05) is 5.41 Å². The highest BCUT2D eigenvalue weighted by molar-refractivity contribution is 5.50. The van der Waals surface area contributed by atoms with E-state index in [1.165, 1.54) is 23.3 Å². The molecule has 0 fully saturated rings. The second-order valence-corrected chi connectivity index (χ2v) is 5.32. The van der Waals surface area contributed by atoms with Crippen LogP contribution in [-0.2, 0) is 11.8 Å². The lowest BCUT2D eigenvalue weighted by Crippen LogP contribution is -2.19. The number of rotatable bonds is 1. The van der Waals surface area contributed by atoms with Crippen LogP contribution in [0, 0.1) is 17.1 Å². The van der Waals surface area contributed by atoms with Crippen LogP contribution in [0.25, 0.3) is 0 Å². The zero-order valence-electron chi connectivity index (χ0n) is 10.8. The van der Waals surface area contributed by atoms with Crippen molar-refractivity contribution in [1.29, 1.82) is 5.26 Å². The molecule has 0 amide bonds. The quantitative estimate of drug-likeness (QED) is 0.752. The number of hydrogen-bond acceptors (Lipinski definition) is 1. The molecule has 0 N–H and O–H groups in total. The van der Waals surface area contributed by atoms with Crippen LogP contribution in [0.15, 0.2) is 42.5 Å². The van der Waals surface area contributed by atoms with Gasteiger partial charge >= 0.3 is 0 Å². The van der Waals surface area contributed by atoms with E-state index in [2.05, 4.69) is 13.0 Å². The maximum Gasteiger partial charge on any atom is 0.123 e. The fourth-order valence-electron chi connectivity index (χ4n) is 3.05. The predicted octanol–water partition coefficient (Wildman–Crippen LogP) is 3.95. The van der Waals surface area contributed by atoms with Gasteiger partial charge in [0.05, 0.1) is 11.6 Å². The van der Waals surface area contributed by atoms with Gasteiger partial charge in [0.1, 0.15) is 5.82 Å². The van der Waals surface area contributed by atoms with E-state index in [0.29, 0.717) is 5.56 Å². The summed E-state index contributed by atoms with van der Waals surface area (Å²) in [7, 11) is 0. The normalized spacial score (nSPS) is 20.9. The molecule has 94 valence electrons. The molecule has 0 bridgehead atoms. The number of aryl methyl sites for hydroxylation is 1. The van der Waals surface area contributed by atoms with Gasteiger partial charge in [-0.2, -0.15) is 5.26 Å². The Morgan fingerprint density at radius 3 is 2.58 bits per heavy atom. The molecule has 2 aromatic carbocycles. The van der Waals surface area contributed by atoms with Crippen LogP contribution in [0.3, 0.4) is 0 Å². The standard InChI is InChI=1S/C17H14FN/c1-17(14-3-5-15(18)6-4-14)9-8-13-10-12(11-19)2-7-16(13)17/h2-7,10H,8-9H2,1H3. The maximum absolute atomic E-state index is 13.1. The molecular weight excluding hydrogens is 237 g/mol. The highest BCUT2D eigenvalue weighted by atomic mass is 19.1. The summed E-state index contributed by atoms with van der Waals surface area (Å²) in [5.74, 6) is -0.203. The summed E-state index contributed by atoms with van der Waals surface area (Å²) in [5, 5.41) is 8.95. The highest BCUT2D eigenvalue weighted by Crippen LogP contribution is 2.43. The summed E-state index contributed by atoms with van der Waals surface area (Å²) in [6, 6.07) is 14.8. The Bertz CT molecular complexity index is 667. The predicted molar refractivity (Wildman–Crippen MR) is 72.3 cm³/mol. The second-order valence-electron chi connectivity index (χ2n) is 5.32. The molecule has 1 atom stereocenters. The van der Waals surface area contributed by atoms with Crippen molar-refractivity contribution in [3.63, 3.8) is 0 Å². The monoisotopic (exact) mass is 251 g/mol. The lowest BCUT2D eigenvalue weighted by Gasteiger charge is -2.26. The Balaban J connectivity index is 2.10. The van der Waals surface area contributed by atoms with E-state index in [1.807, 2.05) is 30.3 Å². The number of hydrogen-bond donors (Lipinski definition) is 0. The minimum Gasteiger partial charge on any atom is -0.207 e. The van der Waals surface area contributed by atoms with Crippen molar-refractivity contribution in [2.24, 2.45) is 0 Å². The molecule has 2 aromatic rings. The Morgan fingerprint density at radius 1 is 1.16 bits per heavy atom. The van der Waals surface area contributed by atoms with Crippen molar-refractivity contribution < 1.29 is 4.39 Å². The van der Waals surface area contributed by atoms with Crippen molar-refractivity contribution in [1.82, 2.24) is 0 Å². The first-order valence-electron chi connectivity index (χ1n) is 6.43. The molecule has 0 heterocycles. The van der Waals surface area contributed by atoms with Crippen molar-refractivity contribution in [2.45, 2.75) is 25.2 Å². The van der Waals surface area contributed by atoms with Gasteiger partial charge in [-0.1, -0.05) is 25.1 Å². The van der Waals surface area contributed by atoms with Crippen LogP contribution >= 0.6 is 0 Å². The Hall–Kier alpha value is -2.14. The fraction of sp³-hybridized carbons (Fsp3) is 0.235. The smallest absolute Gasteiger partial charge is 0.123 e. The minimum atomic E-state index is -0.203. The van der Waals surface area contributed by atoms with Gasteiger partial charge < -0.3 is 0 Å². The van der Waals surface area contributed by atoms with E-state index in [9.17, 15) is 4.39 Å². The molecule has 0 spiro atoms. The summed E-state index contributed by atoms with van der Waals surface area (Å²) < 4.78 is 13.1. The van der Waals surface area contributed by atoms with Gasteiger partial charge in [0.2, 0.25) is 0 Å². The number of benzene rings is 2. The van der Waals surface area contributed by atoms with Crippen molar-refractivity contribution >= 4 is 0 Å². The van der Waals surface area contributed by atoms with E-state index < -0.39 is 0 Å². The molecule has 0 saturated heterocycles. The molecule has 1 unspecified atom stereocenters. The third-order valence-corrected chi connectivity index (χ3v) is 4.20. The summed E-state index contributed by atoms with van der Waals surface area (Å²) in [5.41, 5.74) is 4.28. The third-order valence-electron chi connectivity index (χ3n) is 4.20. The van der Waals surface area contributed by atoms with E-state index >= 15 is 0 Å². The summed E-state index contributed by atoms with van der Waals surface area (Å²) in [4.78, 5) is 0. The first kappa shape index (κ1) is 11.9. The zero-order chi connectivity index (χ0) is 13.5. The summed E-state index contributed by atoms with van der Waals surface area (Å²) in [6.45, 7) is 2.19.